The highest BCUT2D eigenvalue weighted by molar-refractivity contribution is 4.83. The molecule has 4 nitrogen and oxygen atoms in total. The molecule has 0 radical (unpaired) electrons. The molecular weight excluding hydrogens is 156 g/mol. The van der Waals surface area contributed by atoms with Crippen molar-refractivity contribution >= 4 is 0 Å². The Morgan fingerprint density at radius 1 is 1.42 bits per heavy atom. The van der Waals surface area contributed by atoms with Gasteiger partial charge in [-0.2, -0.15) is 0 Å². The van der Waals surface area contributed by atoms with E-state index in [4.69, 9.17) is 21.3 Å². The lowest BCUT2D eigenvalue weighted by atomic mass is 9.89. The molecule has 12 heavy (non-hydrogen) atoms. The molecule has 0 aromatic rings. The lowest BCUT2D eigenvalue weighted by Crippen LogP contribution is -2.48. The fourth-order valence-electron chi connectivity index (χ4n) is 1.52. The van der Waals surface area contributed by atoms with E-state index in [1.54, 1.807) is 0 Å². The molecular formula is C8H18N2O2. The summed E-state index contributed by atoms with van der Waals surface area (Å²) in [4.78, 5) is 0. The summed E-state index contributed by atoms with van der Waals surface area (Å²) in [5, 5.41) is 8.56. The van der Waals surface area contributed by atoms with E-state index in [2.05, 4.69) is 0 Å². The van der Waals surface area contributed by atoms with Gasteiger partial charge in [0.15, 0.2) is 0 Å². The highest BCUT2D eigenvalue weighted by Crippen LogP contribution is 2.25. The third kappa shape index (κ3) is 2.71. The van der Waals surface area contributed by atoms with Crippen LogP contribution in [0.5, 0.6) is 0 Å². The molecule has 0 spiro atoms. The van der Waals surface area contributed by atoms with Gasteiger partial charge in [-0.1, -0.05) is 0 Å². The predicted molar refractivity (Wildman–Crippen MR) is 46.4 cm³/mol. The summed E-state index contributed by atoms with van der Waals surface area (Å²) >= 11 is 0. The van der Waals surface area contributed by atoms with Gasteiger partial charge in [0.1, 0.15) is 5.72 Å². The van der Waals surface area contributed by atoms with Gasteiger partial charge in [-0.05, 0) is 25.7 Å². The molecule has 5 N–H and O–H groups in total. The van der Waals surface area contributed by atoms with Crippen LogP contribution in [0.2, 0.25) is 0 Å². The first-order valence-corrected chi connectivity index (χ1v) is 4.45. The summed E-state index contributed by atoms with van der Waals surface area (Å²) in [6.07, 6.45) is 3.44. The lowest BCUT2D eigenvalue weighted by molar-refractivity contribution is -0.0784. The van der Waals surface area contributed by atoms with Gasteiger partial charge >= 0.3 is 0 Å². The fraction of sp³-hybridized carbons (Fsp3) is 1.00. The van der Waals surface area contributed by atoms with Crippen LogP contribution in [0.4, 0.5) is 0 Å². The van der Waals surface area contributed by atoms with E-state index < -0.39 is 5.72 Å². The Balaban J connectivity index is 2.29. The van der Waals surface area contributed by atoms with E-state index in [0.29, 0.717) is 6.61 Å². The summed E-state index contributed by atoms with van der Waals surface area (Å²) in [6, 6.07) is 0.277. The Bertz CT molecular complexity index is 128. The Morgan fingerprint density at radius 3 is 2.50 bits per heavy atom. The van der Waals surface area contributed by atoms with Crippen molar-refractivity contribution in [2.75, 3.05) is 13.2 Å². The summed E-state index contributed by atoms with van der Waals surface area (Å²) < 4.78 is 5.34. The van der Waals surface area contributed by atoms with Crippen LogP contribution in [0.1, 0.15) is 25.7 Å². The minimum Gasteiger partial charge on any atom is -0.394 e. The summed E-state index contributed by atoms with van der Waals surface area (Å²) in [5.41, 5.74) is 11.1. The molecule has 72 valence electrons. The zero-order valence-electron chi connectivity index (χ0n) is 7.33. The highest BCUT2D eigenvalue weighted by Gasteiger charge is 2.30. The number of nitrogens with two attached hydrogens (primary N) is 2. The Kier molecular flexibility index (Phi) is 3.46. The molecule has 0 unspecified atom stereocenters. The Hall–Kier alpha value is -0.160. The molecule has 0 bridgehead atoms. The van der Waals surface area contributed by atoms with Gasteiger partial charge in [-0.15, -0.1) is 0 Å². The van der Waals surface area contributed by atoms with Crippen molar-refractivity contribution in [3.05, 3.63) is 0 Å². The van der Waals surface area contributed by atoms with E-state index in [0.717, 1.165) is 25.7 Å². The highest BCUT2D eigenvalue weighted by atomic mass is 16.5. The van der Waals surface area contributed by atoms with Crippen molar-refractivity contribution < 1.29 is 9.84 Å². The van der Waals surface area contributed by atoms with Crippen molar-refractivity contribution in [1.82, 2.24) is 0 Å². The van der Waals surface area contributed by atoms with Crippen LogP contribution in [0.25, 0.3) is 0 Å². The normalized spacial score (nSPS) is 36.8. The van der Waals surface area contributed by atoms with Crippen LogP contribution < -0.4 is 11.5 Å². The molecule has 0 heterocycles. The van der Waals surface area contributed by atoms with Crippen LogP contribution >= 0.6 is 0 Å². The summed E-state index contributed by atoms with van der Waals surface area (Å²) in [7, 11) is 0. The maximum absolute atomic E-state index is 8.56. The van der Waals surface area contributed by atoms with Crippen LogP contribution in [0, 0.1) is 0 Å². The monoisotopic (exact) mass is 174 g/mol. The molecule has 0 aromatic carbocycles. The zero-order valence-corrected chi connectivity index (χ0v) is 7.33. The van der Waals surface area contributed by atoms with E-state index in [1.165, 1.54) is 0 Å². The number of hydrogen-bond acceptors (Lipinski definition) is 4. The molecule has 1 rings (SSSR count). The first kappa shape index (κ1) is 9.92. The predicted octanol–water partition coefficient (Wildman–Crippen LogP) is -0.448. The second-order valence-electron chi connectivity index (χ2n) is 3.47. The summed E-state index contributed by atoms with van der Waals surface area (Å²) in [6.45, 7) is 0.358. The molecule has 0 saturated heterocycles. The third-order valence-electron chi connectivity index (χ3n) is 2.36. The molecule has 4 heteroatoms. The van der Waals surface area contributed by atoms with Gasteiger partial charge in [0, 0.05) is 6.04 Å². The number of aliphatic hydroxyl groups excluding tert-OH is 1. The molecule has 1 aliphatic carbocycles. The average Bonchev–Trinajstić information content (AvgIpc) is 2.08. The van der Waals surface area contributed by atoms with Gasteiger partial charge < -0.3 is 21.3 Å². The van der Waals surface area contributed by atoms with Crippen LogP contribution in [-0.4, -0.2) is 30.1 Å². The largest absolute Gasteiger partial charge is 0.394 e. The molecule has 0 amide bonds. The zero-order chi connectivity index (χ0) is 9.03. The van der Waals surface area contributed by atoms with Crippen LogP contribution in [0.3, 0.4) is 0 Å². The van der Waals surface area contributed by atoms with Crippen molar-refractivity contribution in [3.63, 3.8) is 0 Å². The maximum Gasteiger partial charge on any atom is 0.116 e. The SMILES string of the molecule is NC1CCC(N)(OCCO)CC1. The average molecular weight is 174 g/mol. The van der Waals surface area contributed by atoms with Crippen LogP contribution in [0.15, 0.2) is 0 Å². The minimum atomic E-state index is -0.529. The number of hydrogen-bond donors (Lipinski definition) is 3. The Morgan fingerprint density at radius 2 is 2.00 bits per heavy atom. The van der Waals surface area contributed by atoms with Crippen molar-refractivity contribution in [2.24, 2.45) is 11.5 Å². The van der Waals surface area contributed by atoms with E-state index >= 15 is 0 Å². The molecule has 1 saturated carbocycles. The van der Waals surface area contributed by atoms with Crippen molar-refractivity contribution in [1.29, 1.82) is 0 Å². The van der Waals surface area contributed by atoms with Gasteiger partial charge in [0.2, 0.25) is 0 Å². The van der Waals surface area contributed by atoms with Crippen molar-refractivity contribution in [2.45, 2.75) is 37.5 Å². The van der Waals surface area contributed by atoms with Gasteiger partial charge in [-0.25, -0.2) is 0 Å². The van der Waals surface area contributed by atoms with Crippen molar-refractivity contribution in [3.8, 4) is 0 Å². The summed E-state index contributed by atoms with van der Waals surface area (Å²) in [5.74, 6) is 0. The molecule has 1 fully saturated rings. The molecule has 0 aliphatic heterocycles. The second-order valence-corrected chi connectivity index (χ2v) is 3.47. The third-order valence-corrected chi connectivity index (χ3v) is 2.36. The second kappa shape index (κ2) is 4.18. The van der Waals surface area contributed by atoms with E-state index in [1.807, 2.05) is 0 Å². The maximum atomic E-state index is 8.56. The molecule has 1 aliphatic rings. The van der Waals surface area contributed by atoms with Gasteiger partial charge in [-0.3, -0.25) is 0 Å². The molecule has 0 aromatic heterocycles. The standard InChI is InChI=1S/C8H18N2O2/c9-7-1-3-8(10,4-2-7)12-6-5-11/h7,11H,1-6,9-10H2. The quantitative estimate of drug-likeness (QED) is 0.506. The number of aliphatic hydroxyl groups is 1. The smallest absolute Gasteiger partial charge is 0.116 e. The number of rotatable bonds is 3. The van der Waals surface area contributed by atoms with Gasteiger partial charge in [0.05, 0.1) is 13.2 Å². The van der Waals surface area contributed by atoms with Gasteiger partial charge in [0.25, 0.3) is 0 Å². The van der Waals surface area contributed by atoms with E-state index in [9.17, 15) is 0 Å². The number of ether oxygens (including phenoxy) is 1. The Labute approximate surface area is 72.9 Å². The first-order valence-electron chi connectivity index (χ1n) is 4.45. The minimum absolute atomic E-state index is 0.0327. The van der Waals surface area contributed by atoms with E-state index in [-0.39, 0.29) is 12.6 Å². The lowest BCUT2D eigenvalue weighted by Gasteiger charge is -2.35. The van der Waals surface area contributed by atoms with Crippen LogP contribution in [-0.2, 0) is 4.74 Å². The molecule has 0 atom stereocenters. The first-order chi connectivity index (χ1) is 5.66. The fourth-order valence-corrected chi connectivity index (χ4v) is 1.52. The topological polar surface area (TPSA) is 81.5 Å².